The summed E-state index contributed by atoms with van der Waals surface area (Å²) in [5.41, 5.74) is 6.92. The Kier molecular flexibility index (Phi) is 3.11. The van der Waals surface area contributed by atoms with Gasteiger partial charge in [0.2, 0.25) is 5.91 Å². The Morgan fingerprint density at radius 3 is 2.95 bits per heavy atom. The van der Waals surface area contributed by atoms with E-state index in [9.17, 15) is 9.18 Å². The van der Waals surface area contributed by atoms with Crippen LogP contribution in [-0.4, -0.2) is 16.9 Å². The predicted octanol–water partition coefficient (Wildman–Crippen LogP) is 2.69. The molecule has 4 nitrogen and oxygen atoms in total. The van der Waals surface area contributed by atoms with Gasteiger partial charge in [0.15, 0.2) is 0 Å². The van der Waals surface area contributed by atoms with E-state index in [1.165, 1.54) is 12.3 Å². The van der Waals surface area contributed by atoms with Gasteiger partial charge in [-0.1, -0.05) is 12.1 Å². The van der Waals surface area contributed by atoms with Crippen LogP contribution in [0.5, 0.6) is 0 Å². The first kappa shape index (κ1) is 13.6. The maximum atomic E-state index is 13.6. The monoisotopic (exact) mass is 299 g/mol. The molecule has 0 radical (unpaired) electrons. The molecule has 2 aromatic rings. The van der Waals surface area contributed by atoms with Gasteiger partial charge in [-0.2, -0.15) is 0 Å². The first-order valence-corrected chi connectivity index (χ1v) is 7.72. The van der Waals surface area contributed by atoms with Crippen LogP contribution >= 0.6 is 0 Å². The number of para-hydroxylation sites is 1. The van der Waals surface area contributed by atoms with Crippen LogP contribution < -0.4 is 11.1 Å². The van der Waals surface area contributed by atoms with Crippen molar-refractivity contribution in [2.45, 2.75) is 25.3 Å². The van der Waals surface area contributed by atoms with Gasteiger partial charge in [-0.25, -0.2) is 4.39 Å². The number of carbonyl (C=O) groups excluding carboxylic acids is 1. The fourth-order valence-electron chi connectivity index (χ4n) is 3.93. The van der Waals surface area contributed by atoms with Gasteiger partial charge in [-0.05, 0) is 43.2 Å². The van der Waals surface area contributed by atoms with Crippen molar-refractivity contribution in [1.29, 1.82) is 0 Å². The summed E-state index contributed by atoms with van der Waals surface area (Å²) < 4.78 is 13.6. The number of hydrogen-bond donors (Lipinski definition) is 2. The maximum absolute atomic E-state index is 13.6. The molecule has 1 heterocycles. The van der Waals surface area contributed by atoms with E-state index in [4.69, 9.17) is 5.73 Å². The number of aromatic nitrogens is 1. The lowest BCUT2D eigenvalue weighted by atomic mass is 9.72. The number of carbonyl (C=O) groups is 1. The van der Waals surface area contributed by atoms with Crippen LogP contribution in [0.1, 0.15) is 19.3 Å². The molecule has 4 rings (SSSR count). The molecule has 0 bridgehead atoms. The zero-order valence-electron chi connectivity index (χ0n) is 12.1. The van der Waals surface area contributed by atoms with Gasteiger partial charge in [0.05, 0.1) is 11.9 Å². The SMILES string of the molecule is N[C@@H]1C[C@@H]2CC(C(=O)Nc3cnc4c(F)cccc4c3)C[C@@H]21. The molecule has 0 saturated heterocycles. The standard InChI is InChI=1S/C17H18FN3O/c18-14-3-1-2-9-5-12(8-20-16(9)14)21-17(22)11-4-10-7-15(19)13(10)6-11/h1-3,5,8,10-11,13,15H,4,6-7,19H2,(H,21,22)/t10-,11?,13-,15+/m0/s1. The highest BCUT2D eigenvalue weighted by atomic mass is 19.1. The van der Waals surface area contributed by atoms with Crippen molar-refractivity contribution in [2.24, 2.45) is 23.5 Å². The van der Waals surface area contributed by atoms with Crippen LogP contribution in [0.2, 0.25) is 0 Å². The second-order valence-electron chi connectivity index (χ2n) is 6.52. The fourth-order valence-corrected chi connectivity index (χ4v) is 3.93. The van der Waals surface area contributed by atoms with Crippen LogP contribution in [0.15, 0.2) is 30.5 Å². The molecule has 4 atom stereocenters. The first-order chi connectivity index (χ1) is 10.6. The number of fused-ring (bicyclic) bond motifs is 2. The number of hydrogen-bond acceptors (Lipinski definition) is 3. The lowest BCUT2D eigenvalue weighted by molar-refractivity contribution is -0.119. The van der Waals surface area contributed by atoms with Gasteiger partial charge in [-0.15, -0.1) is 0 Å². The summed E-state index contributed by atoms with van der Waals surface area (Å²) in [6.07, 6.45) is 4.37. The van der Waals surface area contributed by atoms with E-state index < -0.39 is 0 Å². The molecule has 2 saturated carbocycles. The van der Waals surface area contributed by atoms with Gasteiger partial charge in [0.25, 0.3) is 0 Å². The summed E-state index contributed by atoms with van der Waals surface area (Å²) in [5, 5.41) is 3.60. The van der Waals surface area contributed by atoms with E-state index in [1.807, 2.05) is 0 Å². The molecule has 22 heavy (non-hydrogen) atoms. The number of nitrogens with one attached hydrogen (secondary N) is 1. The third kappa shape index (κ3) is 2.16. The average molecular weight is 299 g/mol. The molecule has 1 aromatic carbocycles. The second kappa shape index (κ2) is 5.02. The molecule has 2 aliphatic carbocycles. The summed E-state index contributed by atoms with van der Waals surface area (Å²) >= 11 is 0. The Morgan fingerprint density at radius 1 is 1.32 bits per heavy atom. The van der Waals surface area contributed by atoms with Crippen molar-refractivity contribution < 1.29 is 9.18 Å². The molecule has 0 aliphatic heterocycles. The normalized spacial score (nSPS) is 29.9. The number of benzene rings is 1. The quantitative estimate of drug-likeness (QED) is 0.896. The Balaban J connectivity index is 1.50. The van der Waals surface area contributed by atoms with Crippen LogP contribution in [-0.2, 0) is 4.79 Å². The lowest BCUT2D eigenvalue weighted by Gasteiger charge is -2.37. The van der Waals surface area contributed by atoms with Crippen molar-refractivity contribution in [3.63, 3.8) is 0 Å². The molecule has 2 aliphatic rings. The van der Waals surface area contributed by atoms with E-state index in [0.717, 1.165) is 19.3 Å². The van der Waals surface area contributed by atoms with Crippen molar-refractivity contribution in [3.05, 3.63) is 36.3 Å². The first-order valence-electron chi connectivity index (χ1n) is 7.72. The highest BCUT2D eigenvalue weighted by Gasteiger charge is 2.47. The molecule has 1 amide bonds. The highest BCUT2D eigenvalue weighted by molar-refractivity contribution is 5.94. The van der Waals surface area contributed by atoms with Gasteiger partial charge in [0.1, 0.15) is 11.3 Å². The van der Waals surface area contributed by atoms with Crippen molar-refractivity contribution in [2.75, 3.05) is 5.32 Å². The van der Waals surface area contributed by atoms with Gasteiger partial charge >= 0.3 is 0 Å². The number of pyridine rings is 1. The number of nitrogens with two attached hydrogens (primary N) is 1. The lowest BCUT2D eigenvalue weighted by Crippen LogP contribution is -2.44. The number of rotatable bonds is 2. The molecule has 3 N–H and O–H groups in total. The summed E-state index contributed by atoms with van der Waals surface area (Å²) in [7, 11) is 0. The zero-order valence-corrected chi connectivity index (χ0v) is 12.1. The number of anilines is 1. The zero-order chi connectivity index (χ0) is 15.3. The molecule has 5 heteroatoms. The Hall–Kier alpha value is -2.01. The summed E-state index contributed by atoms with van der Waals surface area (Å²) in [4.78, 5) is 16.5. The number of nitrogens with zero attached hydrogens (tertiary/aromatic N) is 1. The average Bonchev–Trinajstić information content (AvgIpc) is 2.85. The van der Waals surface area contributed by atoms with Crippen molar-refractivity contribution in [1.82, 2.24) is 4.98 Å². The van der Waals surface area contributed by atoms with E-state index in [2.05, 4.69) is 10.3 Å². The molecule has 1 unspecified atom stereocenters. The molecule has 0 spiro atoms. The Bertz CT molecular complexity index is 748. The van der Waals surface area contributed by atoms with E-state index in [0.29, 0.717) is 28.4 Å². The molecule has 1 aromatic heterocycles. The van der Waals surface area contributed by atoms with Crippen LogP contribution in [0.3, 0.4) is 0 Å². The van der Waals surface area contributed by atoms with E-state index in [1.54, 1.807) is 18.2 Å². The maximum Gasteiger partial charge on any atom is 0.227 e. The van der Waals surface area contributed by atoms with Crippen LogP contribution in [0, 0.1) is 23.6 Å². The number of amides is 1. The third-order valence-corrected chi connectivity index (χ3v) is 5.17. The topological polar surface area (TPSA) is 68.0 Å². The molecule has 114 valence electrons. The molecular weight excluding hydrogens is 281 g/mol. The highest BCUT2D eigenvalue weighted by Crippen LogP contribution is 2.49. The minimum atomic E-state index is -0.350. The predicted molar refractivity (Wildman–Crippen MR) is 82.6 cm³/mol. The molecular formula is C17H18FN3O. The van der Waals surface area contributed by atoms with Crippen molar-refractivity contribution >= 4 is 22.5 Å². The fraction of sp³-hybridized carbons (Fsp3) is 0.412. The van der Waals surface area contributed by atoms with E-state index >= 15 is 0 Å². The smallest absolute Gasteiger partial charge is 0.227 e. The summed E-state index contributed by atoms with van der Waals surface area (Å²) in [6.45, 7) is 0. The minimum absolute atomic E-state index is 0.0270. The third-order valence-electron chi connectivity index (χ3n) is 5.17. The largest absolute Gasteiger partial charge is 0.327 e. The van der Waals surface area contributed by atoms with Crippen LogP contribution in [0.25, 0.3) is 10.9 Å². The minimum Gasteiger partial charge on any atom is -0.327 e. The Labute approximate surface area is 127 Å². The summed E-state index contributed by atoms with van der Waals surface area (Å²) in [5.74, 6) is 0.844. The van der Waals surface area contributed by atoms with Gasteiger partial charge < -0.3 is 11.1 Å². The van der Waals surface area contributed by atoms with Crippen molar-refractivity contribution in [3.8, 4) is 0 Å². The second-order valence-corrected chi connectivity index (χ2v) is 6.52. The molecule has 2 fully saturated rings. The van der Waals surface area contributed by atoms with Crippen LogP contribution in [0.4, 0.5) is 10.1 Å². The Morgan fingerprint density at radius 2 is 2.18 bits per heavy atom. The van der Waals surface area contributed by atoms with Gasteiger partial charge in [0, 0.05) is 17.3 Å². The van der Waals surface area contributed by atoms with Gasteiger partial charge in [-0.3, -0.25) is 9.78 Å². The number of halogens is 1. The summed E-state index contributed by atoms with van der Waals surface area (Å²) in [6, 6.07) is 6.84. The van der Waals surface area contributed by atoms with E-state index in [-0.39, 0.29) is 23.7 Å².